The van der Waals surface area contributed by atoms with Gasteiger partial charge in [0.25, 0.3) is 0 Å². The highest BCUT2D eigenvalue weighted by atomic mass is 16.5. The van der Waals surface area contributed by atoms with Gasteiger partial charge in [-0.25, -0.2) is 0 Å². The topological polar surface area (TPSA) is 41.6 Å². The molecule has 0 aromatic heterocycles. The maximum Gasteiger partial charge on any atom is 0.234 e. The van der Waals surface area contributed by atoms with Gasteiger partial charge in [0.15, 0.2) is 0 Å². The molecule has 1 heterocycles. The van der Waals surface area contributed by atoms with Gasteiger partial charge in [-0.15, -0.1) is 0 Å². The van der Waals surface area contributed by atoms with Crippen molar-refractivity contribution < 1.29 is 9.53 Å². The number of benzene rings is 1. The van der Waals surface area contributed by atoms with Crippen LogP contribution < -0.4 is 10.1 Å². The number of nitrogens with one attached hydrogen (secondary N) is 1. The Labute approximate surface area is 127 Å². The number of rotatable bonds is 5. The predicted molar refractivity (Wildman–Crippen MR) is 84.4 cm³/mol. The minimum atomic E-state index is 0.0986. The van der Waals surface area contributed by atoms with Gasteiger partial charge in [-0.3, -0.25) is 9.69 Å². The zero-order chi connectivity index (χ0) is 14.9. The number of hydrogen-bond acceptors (Lipinski definition) is 3. The summed E-state index contributed by atoms with van der Waals surface area (Å²) >= 11 is 0. The molecule has 1 saturated heterocycles. The summed E-state index contributed by atoms with van der Waals surface area (Å²) in [6, 6.07) is 7.79. The van der Waals surface area contributed by atoms with Crippen LogP contribution in [-0.4, -0.2) is 37.6 Å². The molecule has 1 aliphatic heterocycles. The number of carbonyl (C=O) groups excluding carboxylic acids is 1. The fraction of sp³-hybridized carbons (Fsp3) is 0.588. The second kappa shape index (κ2) is 8.67. The molecule has 21 heavy (non-hydrogen) atoms. The first-order valence-electron chi connectivity index (χ1n) is 7.90. The minimum absolute atomic E-state index is 0.0986. The normalized spacial score (nSPS) is 16.8. The van der Waals surface area contributed by atoms with E-state index in [4.69, 9.17) is 4.74 Å². The Kier molecular flexibility index (Phi) is 6.54. The number of methoxy groups -OCH3 is 1. The molecular weight excluding hydrogens is 264 g/mol. The highest BCUT2D eigenvalue weighted by Gasteiger charge is 2.12. The third-order valence-corrected chi connectivity index (χ3v) is 3.98. The van der Waals surface area contributed by atoms with Gasteiger partial charge < -0.3 is 10.1 Å². The molecule has 2 rings (SSSR count). The van der Waals surface area contributed by atoms with Gasteiger partial charge in [0.2, 0.25) is 5.91 Å². The van der Waals surface area contributed by atoms with E-state index in [0.717, 1.165) is 24.4 Å². The zero-order valence-corrected chi connectivity index (χ0v) is 12.9. The molecule has 116 valence electrons. The lowest BCUT2D eigenvalue weighted by atomic mass is 10.1. The molecule has 1 aromatic carbocycles. The average Bonchev–Trinajstić information content (AvgIpc) is 2.48. The van der Waals surface area contributed by atoms with Crippen LogP contribution in [0.2, 0.25) is 0 Å². The smallest absolute Gasteiger partial charge is 0.234 e. The Balaban J connectivity index is 1.78. The van der Waals surface area contributed by atoms with Gasteiger partial charge in [0.05, 0.1) is 13.7 Å². The van der Waals surface area contributed by atoms with Crippen molar-refractivity contribution in [2.45, 2.75) is 38.6 Å². The average molecular weight is 290 g/mol. The second-order valence-electron chi connectivity index (χ2n) is 5.63. The van der Waals surface area contributed by atoms with Crippen LogP contribution in [0.25, 0.3) is 0 Å². The number of ether oxygens (including phenoxy) is 1. The summed E-state index contributed by atoms with van der Waals surface area (Å²) in [5, 5.41) is 3.00. The Bertz CT molecular complexity index is 440. The van der Waals surface area contributed by atoms with Gasteiger partial charge in [0.1, 0.15) is 5.75 Å². The molecular formula is C17H26N2O2. The quantitative estimate of drug-likeness (QED) is 0.906. The van der Waals surface area contributed by atoms with Crippen LogP contribution in [0.4, 0.5) is 0 Å². The van der Waals surface area contributed by atoms with E-state index in [0.29, 0.717) is 13.1 Å². The van der Waals surface area contributed by atoms with Crippen molar-refractivity contribution in [2.75, 3.05) is 26.7 Å². The van der Waals surface area contributed by atoms with E-state index in [-0.39, 0.29) is 5.91 Å². The molecule has 1 fully saturated rings. The Morgan fingerprint density at radius 3 is 2.52 bits per heavy atom. The molecule has 1 aliphatic rings. The summed E-state index contributed by atoms with van der Waals surface area (Å²) in [6.07, 6.45) is 6.34. The molecule has 1 amide bonds. The Morgan fingerprint density at radius 2 is 1.81 bits per heavy atom. The first kappa shape index (κ1) is 15.8. The molecule has 0 saturated carbocycles. The molecule has 0 spiro atoms. The van der Waals surface area contributed by atoms with E-state index in [9.17, 15) is 4.79 Å². The first-order chi connectivity index (χ1) is 10.3. The van der Waals surface area contributed by atoms with Crippen molar-refractivity contribution in [1.82, 2.24) is 10.2 Å². The first-order valence-corrected chi connectivity index (χ1v) is 7.90. The maximum atomic E-state index is 12.1. The standard InChI is InChI=1S/C17H26N2O2/c1-21-16-10-6-5-9-15(16)13-18-17(20)14-19-11-7-3-2-4-8-12-19/h5-6,9-10H,2-4,7-8,11-14H2,1H3,(H,18,20). The highest BCUT2D eigenvalue weighted by Crippen LogP contribution is 2.16. The molecule has 0 unspecified atom stereocenters. The van der Waals surface area contributed by atoms with Crippen LogP contribution in [0.1, 0.15) is 37.7 Å². The van der Waals surface area contributed by atoms with Crippen molar-refractivity contribution in [3.63, 3.8) is 0 Å². The number of hydrogen-bond donors (Lipinski definition) is 1. The van der Waals surface area contributed by atoms with Crippen LogP contribution in [0.15, 0.2) is 24.3 Å². The van der Waals surface area contributed by atoms with Crippen molar-refractivity contribution in [2.24, 2.45) is 0 Å². The summed E-state index contributed by atoms with van der Waals surface area (Å²) in [6.45, 7) is 3.12. The highest BCUT2D eigenvalue weighted by molar-refractivity contribution is 5.78. The van der Waals surface area contributed by atoms with Crippen molar-refractivity contribution in [3.8, 4) is 5.75 Å². The minimum Gasteiger partial charge on any atom is -0.496 e. The van der Waals surface area contributed by atoms with E-state index in [2.05, 4.69) is 10.2 Å². The van der Waals surface area contributed by atoms with Gasteiger partial charge in [0, 0.05) is 12.1 Å². The molecule has 4 heteroatoms. The number of carbonyl (C=O) groups is 1. The summed E-state index contributed by atoms with van der Waals surface area (Å²) < 4.78 is 5.30. The molecule has 0 radical (unpaired) electrons. The summed E-state index contributed by atoms with van der Waals surface area (Å²) in [5.41, 5.74) is 1.01. The summed E-state index contributed by atoms with van der Waals surface area (Å²) in [4.78, 5) is 14.4. The number of para-hydroxylation sites is 1. The van der Waals surface area contributed by atoms with Crippen molar-refractivity contribution in [3.05, 3.63) is 29.8 Å². The van der Waals surface area contributed by atoms with Gasteiger partial charge in [-0.2, -0.15) is 0 Å². The molecule has 0 atom stereocenters. The number of nitrogens with zero attached hydrogens (tertiary/aromatic N) is 1. The predicted octanol–water partition coefficient (Wildman–Crippen LogP) is 2.58. The van der Waals surface area contributed by atoms with Crippen molar-refractivity contribution >= 4 is 5.91 Å². The van der Waals surface area contributed by atoms with E-state index in [1.54, 1.807) is 7.11 Å². The van der Waals surface area contributed by atoms with E-state index in [1.165, 1.54) is 32.1 Å². The van der Waals surface area contributed by atoms with Gasteiger partial charge >= 0.3 is 0 Å². The molecule has 1 N–H and O–H groups in total. The SMILES string of the molecule is COc1ccccc1CNC(=O)CN1CCCCCCC1. The van der Waals surface area contributed by atoms with Crippen LogP contribution in [-0.2, 0) is 11.3 Å². The summed E-state index contributed by atoms with van der Waals surface area (Å²) in [7, 11) is 1.65. The molecule has 4 nitrogen and oxygen atoms in total. The largest absolute Gasteiger partial charge is 0.496 e. The van der Waals surface area contributed by atoms with Gasteiger partial charge in [-0.1, -0.05) is 37.5 Å². The number of likely N-dealkylation sites (tertiary alicyclic amines) is 1. The fourth-order valence-electron chi connectivity index (χ4n) is 2.77. The van der Waals surface area contributed by atoms with E-state index >= 15 is 0 Å². The van der Waals surface area contributed by atoms with Crippen LogP contribution in [0.3, 0.4) is 0 Å². The van der Waals surface area contributed by atoms with Crippen LogP contribution >= 0.6 is 0 Å². The van der Waals surface area contributed by atoms with E-state index < -0.39 is 0 Å². The Morgan fingerprint density at radius 1 is 1.14 bits per heavy atom. The monoisotopic (exact) mass is 290 g/mol. The third-order valence-electron chi connectivity index (χ3n) is 3.98. The maximum absolute atomic E-state index is 12.1. The third kappa shape index (κ3) is 5.38. The summed E-state index contributed by atoms with van der Waals surface area (Å²) in [5.74, 6) is 0.922. The molecule has 1 aromatic rings. The van der Waals surface area contributed by atoms with Crippen molar-refractivity contribution in [1.29, 1.82) is 0 Å². The fourth-order valence-corrected chi connectivity index (χ4v) is 2.77. The second-order valence-corrected chi connectivity index (χ2v) is 5.63. The molecule has 0 bridgehead atoms. The van der Waals surface area contributed by atoms with Gasteiger partial charge in [-0.05, 0) is 32.0 Å². The lowest BCUT2D eigenvalue weighted by Crippen LogP contribution is -2.38. The number of amides is 1. The van der Waals surface area contributed by atoms with Crippen LogP contribution in [0.5, 0.6) is 5.75 Å². The zero-order valence-electron chi connectivity index (χ0n) is 12.9. The Hall–Kier alpha value is -1.55. The van der Waals surface area contributed by atoms with Crippen LogP contribution in [0, 0.1) is 0 Å². The molecule has 0 aliphatic carbocycles. The lowest BCUT2D eigenvalue weighted by Gasteiger charge is -2.23. The van der Waals surface area contributed by atoms with E-state index in [1.807, 2.05) is 24.3 Å². The lowest BCUT2D eigenvalue weighted by molar-refractivity contribution is -0.122.